The molecule has 0 aliphatic carbocycles. The Kier molecular flexibility index (Phi) is 4.97. The quantitative estimate of drug-likeness (QED) is 0.647. The number of hydrogen-bond donors (Lipinski definition) is 0. The van der Waals surface area contributed by atoms with Crippen molar-refractivity contribution in [3.8, 4) is 17.5 Å². The lowest BCUT2D eigenvalue weighted by molar-refractivity contribution is 0.304. The van der Waals surface area contributed by atoms with Crippen molar-refractivity contribution in [1.82, 2.24) is 9.78 Å². The molecule has 1 heterocycles. The Morgan fingerprint density at radius 1 is 1.19 bits per heavy atom. The van der Waals surface area contributed by atoms with Gasteiger partial charge >= 0.3 is 0 Å². The monoisotopic (exact) mass is 369 g/mol. The van der Waals surface area contributed by atoms with E-state index in [1.54, 1.807) is 41.9 Å². The lowest BCUT2D eigenvalue weighted by Crippen LogP contribution is -2.02. The van der Waals surface area contributed by atoms with Gasteiger partial charge < -0.3 is 4.74 Å². The van der Waals surface area contributed by atoms with Crippen LogP contribution in [0.2, 0.25) is 5.02 Å². The zero-order valence-corrected chi connectivity index (χ0v) is 15.4. The molecule has 132 valence electrons. The summed E-state index contributed by atoms with van der Waals surface area (Å²) in [4.78, 5) is 0. The lowest BCUT2D eigenvalue weighted by atomic mass is 10.2. The SMILES string of the molecule is Cc1cc(OCc2c(C)nn(-c3ccc(C#N)c(Cl)c3)c2C)ccc1F. The second-order valence-corrected chi connectivity index (χ2v) is 6.44. The van der Waals surface area contributed by atoms with E-state index >= 15 is 0 Å². The second kappa shape index (κ2) is 7.19. The number of aryl methyl sites for hydroxylation is 2. The molecule has 0 aliphatic heterocycles. The predicted molar refractivity (Wildman–Crippen MR) is 98.2 cm³/mol. The molecule has 0 atom stereocenters. The third kappa shape index (κ3) is 3.42. The number of nitrogens with zero attached hydrogens (tertiary/aromatic N) is 3. The second-order valence-electron chi connectivity index (χ2n) is 6.04. The maximum atomic E-state index is 13.4. The minimum atomic E-state index is -0.254. The molecule has 0 spiro atoms. The van der Waals surface area contributed by atoms with Crippen LogP contribution in [0.5, 0.6) is 5.75 Å². The number of aromatic nitrogens is 2. The van der Waals surface area contributed by atoms with Crippen LogP contribution in [0.4, 0.5) is 4.39 Å². The molecular formula is C20H17ClFN3O. The number of rotatable bonds is 4. The van der Waals surface area contributed by atoms with Gasteiger partial charge in [0.15, 0.2) is 0 Å². The normalized spacial score (nSPS) is 10.6. The summed E-state index contributed by atoms with van der Waals surface area (Å²) in [7, 11) is 0. The first-order chi connectivity index (χ1) is 12.4. The van der Waals surface area contributed by atoms with Crippen molar-refractivity contribution in [3.63, 3.8) is 0 Å². The van der Waals surface area contributed by atoms with Crippen LogP contribution >= 0.6 is 11.6 Å². The molecule has 4 nitrogen and oxygen atoms in total. The minimum absolute atomic E-state index is 0.254. The fourth-order valence-corrected chi connectivity index (χ4v) is 2.94. The average Bonchev–Trinajstić information content (AvgIpc) is 2.90. The molecule has 0 saturated heterocycles. The standard InChI is InChI=1S/C20H17ClFN3O/c1-12-8-17(6-7-20(12)22)26-11-18-13(2)24-25(14(18)3)16-5-4-15(10-23)19(21)9-16/h4-9H,11H2,1-3H3. The van der Waals surface area contributed by atoms with Gasteiger partial charge in [0.05, 0.1) is 22.0 Å². The summed E-state index contributed by atoms with van der Waals surface area (Å²) in [5, 5.41) is 13.9. The molecule has 0 aliphatic rings. The van der Waals surface area contributed by atoms with E-state index in [9.17, 15) is 4.39 Å². The van der Waals surface area contributed by atoms with E-state index in [0.29, 0.717) is 28.5 Å². The van der Waals surface area contributed by atoms with Crippen molar-refractivity contribution in [2.24, 2.45) is 0 Å². The zero-order valence-electron chi connectivity index (χ0n) is 14.7. The van der Waals surface area contributed by atoms with Crippen LogP contribution in [0, 0.1) is 37.9 Å². The molecule has 3 rings (SSSR count). The van der Waals surface area contributed by atoms with Crippen LogP contribution in [-0.2, 0) is 6.61 Å². The van der Waals surface area contributed by atoms with Crippen molar-refractivity contribution in [3.05, 3.63) is 75.3 Å². The first-order valence-electron chi connectivity index (χ1n) is 8.04. The number of benzene rings is 2. The fraction of sp³-hybridized carbons (Fsp3) is 0.200. The van der Waals surface area contributed by atoms with Gasteiger partial charge in [-0.2, -0.15) is 10.4 Å². The Morgan fingerprint density at radius 3 is 2.62 bits per heavy atom. The molecule has 26 heavy (non-hydrogen) atoms. The maximum Gasteiger partial charge on any atom is 0.126 e. The predicted octanol–water partition coefficient (Wildman–Crippen LogP) is 5.04. The van der Waals surface area contributed by atoms with Gasteiger partial charge in [-0.15, -0.1) is 0 Å². The van der Waals surface area contributed by atoms with Crippen LogP contribution in [-0.4, -0.2) is 9.78 Å². The van der Waals surface area contributed by atoms with E-state index in [4.69, 9.17) is 21.6 Å². The molecule has 0 fully saturated rings. The van der Waals surface area contributed by atoms with E-state index in [2.05, 4.69) is 5.10 Å². The molecular weight excluding hydrogens is 353 g/mol. The van der Waals surface area contributed by atoms with Gasteiger partial charge in [-0.05, 0) is 62.7 Å². The highest BCUT2D eigenvalue weighted by molar-refractivity contribution is 6.31. The van der Waals surface area contributed by atoms with Gasteiger partial charge in [-0.3, -0.25) is 0 Å². The molecule has 2 aromatic carbocycles. The number of halogens is 2. The molecule has 0 amide bonds. The van der Waals surface area contributed by atoms with Crippen LogP contribution in [0.1, 0.15) is 28.1 Å². The first-order valence-corrected chi connectivity index (χ1v) is 8.42. The summed E-state index contributed by atoms with van der Waals surface area (Å²) < 4.78 is 21.0. The van der Waals surface area contributed by atoms with Gasteiger partial charge in [-0.1, -0.05) is 11.6 Å². The summed E-state index contributed by atoms with van der Waals surface area (Å²) in [6.07, 6.45) is 0. The maximum absolute atomic E-state index is 13.4. The number of nitriles is 1. The van der Waals surface area contributed by atoms with Crippen molar-refractivity contribution in [2.45, 2.75) is 27.4 Å². The molecule has 3 aromatic rings. The Labute approximate surface area is 156 Å². The zero-order chi connectivity index (χ0) is 18.8. The van der Waals surface area contributed by atoms with Gasteiger partial charge in [0.1, 0.15) is 24.2 Å². The Morgan fingerprint density at radius 2 is 1.96 bits per heavy atom. The van der Waals surface area contributed by atoms with Gasteiger partial charge in [0, 0.05) is 11.3 Å². The van der Waals surface area contributed by atoms with Crippen LogP contribution < -0.4 is 4.74 Å². The molecule has 0 bridgehead atoms. The van der Waals surface area contributed by atoms with Crippen molar-refractivity contribution in [2.75, 3.05) is 0 Å². The Bertz CT molecular complexity index is 1020. The Balaban J connectivity index is 1.87. The number of ether oxygens (including phenoxy) is 1. The van der Waals surface area contributed by atoms with Crippen LogP contribution in [0.25, 0.3) is 5.69 Å². The van der Waals surface area contributed by atoms with Gasteiger partial charge in [-0.25, -0.2) is 9.07 Å². The smallest absolute Gasteiger partial charge is 0.126 e. The van der Waals surface area contributed by atoms with Gasteiger partial charge in [0.2, 0.25) is 0 Å². The minimum Gasteiger partial charge on any atom is -0.489 e. The van der Waals surface area contributed by atoms with Gasteiger partial charge in [0.25, 0.3) is 0 Å². The van der Waals surface area contributed by atoms with Crippen molar-refractivity contribution in [1.29, 1.82) is 5.26 Å². The molecule has 0 N–H and O–H groups in total. The van der Waals surface area contributed by atoms with Crippen molar-refractivity contribution < 1.29 is 9.13 Å². The average molecular weight is 370 g/mol. The topological polar surface area (TPSA) is 50.8 Å². The lowest BCUT2D eigenvalue weighted by Gasteiger charge is -2.09. The van der Waals surface area contributed by atoms with E-state index in [1.165, 1.54) is 6.07 Å². The third-order valence-electron chi connectivity index (χ3n) is 4.27. The van der Waals surface area contributed by atoms with E-state index in [-0.39, 0.29) is 5.82 Å². The van der Waals surface area contributed by atoms with Crippen LogP contribution in [0.3, 0.4) is 0 Å². The summed E-state index contributed by atoms with van der Waals surface area (Å²) in [5.41, 5.74) is 4.45. The summed E-state index contributed by atoms with van der Waals surface area (Å²) >= 11 is 6.13. The highest BCUT2D eigenvalue weighted by Crippen LogP contribution is 2.24. The molecule has 0 unspecified atom stereocenters. The summed E-state index contributed by atoms with van der Waals surface area (Å²) in [6, 6.07) is 11.9. The highest BCUT2D eigenvalue weighted by atomic mass is 35.5. The third-order valence-corrected chi connectivity index (χ3v) is 4.58. The molecule has 6 heteroatoms. The van der Waals surface area contributed by atoms with Crippen LogP contribution in [0.15, 0.2) is 36.4 Å². The molecule has 1 aromatic heterocycles. The van der Waals surface area contributed by atoms with E-state index in [0.717, 1.165) is 22.6 Å². The fourth-order valence-electron chi connectivity index (χ4n) is 2.72. The molecule has 0 saturated carbocycles. The highest BCUT2D eigenvalue weighted by Gasteiger charge is 2.14. The van der Waals surface area contributed by atoms with E-state index in [1.807, 2.05) is 19.9 Å². The largest absolute Gasteiger partial charge is 0.489 e. The molecule has 0 radical (unpaired) electrons. The number of hydrogen-bond acceptors (Lipinski definition) is 3. The van der Waals surface area contributed by atoms with E-state index < -0.39 is 0 Å². The first kappa shape index (κ1) is 18.0. The summed E-state index contributed by atoms with van der Waals surface area (Å²) in [6.45, 7) is 5.88. The Hall–Kier alpha value is -2.84. The summed E-state index contributed by atoms with van der Waals surface area (Å²) in [5.74, 6) is 0.354. The van der Waals surface area contributed by atoms with Crippen molar-refractivity contribution >= 4 is 11.6 Å².